The number of hydrogen-bond acceptors (Lipinski definition) is 4. The minimum absolute atomic E-state index is 0.0639. The van der Waals surface area contributed by atoms with Gasteiger partial charge >= 0.3 is 0 Å². The lowest BCUT2D eigenvalue weighted by molar-refractivity contribution is -0.385. The van der Waals surface area contributed by atoms with E-state index in [0.717, 1.165) is 10.5 Å². The van der Waals surface area contributed by atoms with E-state index in [9.17, 15) is 15.2 Å². The summed E-state index contributed by atoms with van der Waals surface area (Å²) in [6.45, 7) is 0. The Labute approximate surface area is 122 Å². The van der Waals surface area contributed by atoms with Crippen LogP contribution in [-0.2, 0) is 5.75 Å². The fraction of sp³-hybridized carbons (Fsp3) is 0.0769. The fourth-order valence-corrected chi connectivity index (χ4v) is 3.23. The van der Waals surface area contributed by atoms with E-state index in [1.54, 1.807) is 24.3 Å². The molecule has 0 atom stereocenters. The number of rotatable bonds is 4. The average molecular weight is 340 g/mol. The third-order valence-electron chi connectivity index (χ3n) is 2.47. The van der Waals surface area contributed by atoms with Gasteiger partial charge in [0.05, 0.1) is 9.40 Å². The van der Waals surface area contributed by atoms with Gasteiger partial charge in [-0.25, -0.2) is 0 Å². The lowest BCUT2D eigenvalue weighted by Crippen LogP contribution is -1.92. The second kappa shape index (κ2) is 6.08. The number of nitro groups is 1. The van der Waals surface area contributed by atoms with E-state index in [1.807, 2.05) is 12.1 Å². The molecular weight excluding hydrogens is 330 g/mol. The summed E-state index contributed by atoms with van der Waals surface area (Å²) in [5, 5.41) is 20.2. The van der Waals surface area contributed by atoms with Crippen molar-refractivity contribution in [3.63, 3.8) is 0 Å². The van der Waals surface area contributed by atoms with Crippen LogP contribution in [-0.4, -0.2) is 10.0 Å². The summed E-state index contributed by atoms with van der Waals surface area (Å²) in [5.41, 5.74) is 0.913. The zero-order chi connectivity index (χ0) is 13.8. The van der Waals surface area contributed by atoms with Gasteiger partial charge in [-0.1, -0.05) is 18.2 Å². The number of benzene rings is 2. The van der Waals surface area contributed by atoms with E-state index in [-0.39, 0.29) is 11.4 Å². The van der Waals surface area contributed by atoms with Gasteiger partial charge in [0.25, 0.3) is 5.69 Å². The summed E-state index contributed by atoms with van der Waals surface area (Å²) < 4.78 is 0.507. The molecular formula is C13H10BrNO3S. The standard InChI is InChI=1S/C13H10BrNO3S/c14-13-9(3-1-6-12(13)15(17)18)8-19-11-5-2-4-10(16)7-11/h1-7,16H,8H2. The molecule has 4 nitrogen and oxygen atoms in total. The summed E-state index contributed by atoms with van der Waals surface area (Å²) in [7, 11) is 0. The molecule has 0 spiro atoms. The van der Waals surface area contributed by atoms with E-state index < -0.39 is 4.92 Å². The Bertz CT molecular complexity index is 619. The van der Waals surface area contributed by atoms with E-state index in [0.29, 0.717) is 10.2 Å². The van der Waals surface area contributed by atoms with Gasteiger partial charge < -0.3 is 5.11 Å². The molecule has 2 aromatic carbocycles. The molecule has 0 bridgehead atoms. The third kappa shape index (κ3) is 3.48. The quantitative estimate of drug-likeness (QED) is 0.510. The predicted molar refractivity (Wildman–Crippen MR) is 78.5 cm³/mol. The van der Waals surface area contributed by atoms with Crippen LogP contribution in [0.1, 0.15) is 5.56 Å². The molecule has 6 heteroatoms. The summed E-state index contributed by atoms with van der Waals surface area (Å²) in [6, 6.07) is 11.9. The second-order valence-electron chi connectivity index (χ2n) is 3.79. The van der Waals surface area contributed by atoms with Gasteiger partial charge in [-0.05, 0) is 39.7 Å². The highest BCUT2D eigenvalue weighted by Crippen LogP contribution is 2.33. The van der Waals surface area contributed by atoms with Gasteiger partial charge in [0.15, 0.2) is 0 Å². The Morgan fingerprint density at radius 2 is 2.00 bits per heavy atom. The normalized spacial score (nSPS) is 10.4. The van der Waals surface area contributed by atoms with Crippen molar-refractivity contribution in [3.8, 4) is 5.75 Å². The lowest BCUT2D eigenvalue weighted by atomic mass is 10.2. The minimum Gasteiger partial charge on any atom is -0.508 e. The number of nitrogens with zero attached hydrogens (tertiary/aromatic N) is 1. The van der Waals surface area contributed by atoms with Crippen LogP contribution in [0.3, 0.4) is 0 Å². The first-order valence-electron chi connectivity index (χ1n) is 5.41. The van der Waals surface area contributed by atoms with Crippen molar-refractivity contribution >= 4 is 33.4 Å². The number of aromatic hydroxyl groups is 1. The molecule has 0 amide bonds. The SMILES string of the molecule is O=[N+]([O-])c1cccc(CSc2cccc(O)c2)c1Br. The first-order valence-corrected chi connectivity index (χ1v) is 7.19. The van der Waals surface area contributed by atoms with Crippen LogP contribution in [0.2, 0.25) is 0 Å². The zero-order valence-electron chi connectivity index (χ0n) is 9.75. The molecule has 0 unspecified atom stereocenters. The van der Waals surface area contributed by atoms with E-state index in [4.69, 9.17) is 0 Å². The number of phenolic OH excluding ortho intramolecular Hbond substituents is 1. The van der Waals surface area contributed by atoms with Crippen LogP contribution < -0.4 is 0 Å². The Morgan fingerprint density at radius 3 is 2.68 bits per heavy atom. The largest absolute Gasteiger partial charge is 0.508 e. The highest BCUT2D eigenvalue weighted by atomic mass is 79.9. The maximum absolute atomic E-state index is 10.8. The molecule has 0 aliphatic heterocycles. The molecule has 2 aromatic rings. The number of nitro benzene ring substituents is 1. The number of halogens is 1. The number of thioether (sulfide) groups is 1. The fourth-order valence-electron chi connectivity index (χ4n) is 1.55. The summed E-state index contributed by atoms with van der Waals surface area (Å²) in [5.74, 6) is 0.800. The zero-order valence-corrected chi connectivity index (χ0v) is 12.1. The van der Waals surface area contributed by atoms with Gasteiger partial charge in [0, 0.05) is 16.7 Å². The van der Waals surface area contributed by atoms with Crippen molar-refractivity contribution in [1.82, 2.24) is 0 Å². The van der Waals surface area contributed by atoms with Crippen molar-refractivity contribution in [2.45, 2.75) is 10.6 Å². The molecule has 2 rings (SSSR count). The Kier molecular flexibility index (Phi) is 4.44. The highest BCUT2D eigenvalue weighted by Gasteiger charge is 2.14. The van der Waals surface area contributed by atoms with Crippen LogP contribution in [0.4, 0.5) is 5.69 Å². The summed E-state index contributed by atoms with van der Waals surface area (Å²) in [6.07, 6.45) is 0. The van der Waals surface area contributed by atoms with E-state index >= 15 is 0 Å². The first-order chi connectivity index (χ1) is 9.08. The van der Waals surface area contributed by atoms with Crippen LogP contribution in [0.5, 0.6) is 5.75 Å². The second-order valence-corrected chi connectivity index (χ2v) is 5.64. The van der Waals surface area contributed by atoms with Crippen LogP contribution in [0.15, 0.2) is 51.8 Å². The van der Waals surface area contributed by atoms with Crippen molar-refractivity contribution < 1.29 is 10.0 Å². The van der Waals surface area contributed by atoms with Crippen molar-refractivity contribution in [2.75, 3.05) is 0 Å². The molecule has 1 N–H and O–H groups in total. The molecule has 0 heterocycles. The first kappa shape index (κ1) is 13.9. The Hall–Kier alpha value is -1.53. The molecule has 0 saturated heterocycles. The van der Waals surface area contributed by atoms with Crippen molar-refractivity contribution in [3.05, 3.63) is 62.6 Å². The molecule has 0 fully saturated rings. The molecule has 0 aliphatic carbocycles. The highest BCUT2D eigenvalue weighted by molar-refractivity contribution is 9.10. The molecule has 19 heavy (non-hydrogen) atoms. The molecule has 0 aromatic heterocycles. The smallest absolute Gasteiger partial charge is 0.283 e. The van der Waals surface area contributed by atoms with Crippen LogP contribution in [0, 0.1) is 10.1 Å². The van der Waals surface area contributed by atoms with Crippen molar-refractivity contribution in [2.24, 2.45) is 0 Å². The van der Waals surface area contributed by atoms with Gasteiger partial charge in [-0.3, -0.25) is 10.1 Å². The van der Waals surface area contributed by atoms with Gasteiger partial charge in [-0.15, -0.1) is 11.8 Å². The molecule has 0 saturated carbocycles. The Balaban J connectivity index is 2.16. The maximum Gasteiger partial charge on any atom is 0.283 e. The number of phenols is 1. The van der Waals surface area contributed by atoms with Gasteiger partial charge in [0.1, 0.15) is 5.75 Å². The average Bonchev–Trinajstić information content (AvgIpc) is 2.37. The lowest BCUT2D eigenvalue weighted by Gasteiger charge is -2.05. The molecule has 98 valence electrons. The Morgan fingerprint density at radius 1 is 1.26 bits per heavy atom. The summed E-state index contributed by atoms with van der Waals surface area (Å²) in [4.78, 5) is 11.3. The van der Waals surface area contributed by atoms with Gasteiger partial charge in [-0.2, -0.15) is 0 Å². The van der Waals surface area contributed by atoms with E-state index in [1.165, 1.54) is 17.8 Å². The van der Waals surface area contributed by atoms with Crippen LogP contribution >= 0.6 is 27.7 Å². The minimum atomic E-state index is -0.410. The third-order valence-corrected chi connectivity index (χ3v) is 4.43. The molecule has 0 radical (unpaired) electrons. The monoisotopic (exact) mass is 339 g/mol. The van der Waals surface area contributed by atoms with E-state index in [2.05, 4.69) is 15.9 Å². The van der Waals surface area contributed by atoms with Gasteiger partial charge in [0.2, 0.25) is 0 Å². The van der Waals surface area contributed by atoms with Crippen LogP contribution in [0.25, 0.3) is 0 Å². The summed E-state index contributed by atoms with van der Waals surface area (Å²) >= 11 is 4.78. The predicted octanol–water partition coefficient (Wildman–Crippen LogP) is 4.36. The number of hydrogen-bond donors (Lipinski definition) is 1. The maximum atomic E-state index is 10.8. The van der Waals surface area contributed by atoms with Crippen molar-refractivity contribution in [1.29, 1.82) is 0 Å². The topological polar surface area (TPSA) is 63.4 Å². The molecule has 0 aliphatic rings.